The summed E-state index contributed by atoms with van der Waals surface area (Å²) in [5.74, 6) is -0.254. The molecule has 0 aliphatic rings. The van der Waals surface area contributed by atoms with E-state index in [0.29, 0.717) is 0 Å². The van der Waals surface area contributed by atoms with E-state index in [0.717, 1.165) is 12.8 Å². The fraction of sp³-hybridized carbons (Fsp3) is 0.700. The smallest absolute Gasteiger partial charge is 0.330 e. The van der Waals surface area contributed by atoms with Crippen LogP contribution in [0, 0.1) is 0 Å². The second kappa shape index (κ2) is 4.96. The maximum atomic E-state index is 11.0. The minimum Gasteiger partial charge on any atom is -0.457 e. The van der Waals surface area contributed by atoms with Gasteiger partial charge in [-0.2, -0.15) is 0 Å². The van der Waals surface area contributed by atoms with Crippen LogP contribution >= 0.6 is 0 Å². The molecule has 70 valence electrons. The third-order valence-electron chi connectivity index (χ3n) is 1.53. The van der Waals surface area contributed by atoms with Gasteiger partial charge in [-0.25, -0.2) is 4.79 Å². The lowest BCUT2D eigenvalue weighted by Gasteiger charge is -2.23. The molecule has 0 saturated heterocycles. The van der Waals surface area contributed by atoms with Gasteiger partial charge in [-0.15, -0.1) is 0 Å². The van der Waals surface area contributed by atoms with E-state index in [1.807, 2.05) is 13.8 Å². The highest BCUT2D eigenvalue weighted by molar-refractivity contribution is 5.82. The van der Waals surface area contributed by atoms with Gasteiger partial charge in [0.1, 0.15) is 5.60 Å². The lowest BCUT2D eigenvalue weighted by Crippen LogP contribution is -2.26. The Kier molecular flexibility index (Phi) is 4.64. The predicted octanol–water partition coefficient (Wildman–Crippen LogP) is 2.68. The average Bonchev–Trinajstić information content (AvgIpc) is 1.85. The van der Waals surface area contributed by atoms with E-state index in [2.05, 4.69) is 6.92 Å². The Labute approximate surface area is 74.6 Å². The molecule has 0 unspecified atom stereocenters. The van der Waals surface area contributed by atoms with Crippen LogP contribution in [0.2, 0.25) is 0 Å². The van der Waals surface area contributed by atoms with Gasteiger partial charge in [0.25, 0.3) is 0 Å². The summed E-state index contributed by atoms with van der Waals surface area (Å²) in [7, 11) is 0. The van der Waals surface area contributed by atoms with Gasteiger partial charge in [-0.3, -0.25) is 0 Å². The van der Waals surface area contributed by atoms with E-state index < -0.39 is 0 Å². The van der Waals surface area contributed by atoms with Crippen molar-refractivity contribution in [3.05, 3.63) is 12.2 Å². The lowest BCUT2D eigenvalue weighted by atomic mass is 10.0. The summed E-state index contributed by atoms with van der Waals surface area (Å²) in [6, 6.07) is 0. The van der Waals surface area contributed by atoms with Crippen LogP contribution in [0.4, 0.5) is 0 Å². The summed E-state index contributed by atoms with van der Waals surface area (Å²) in [6.45, 7) is 7.73. The summed E-state index contributed by atoms with van der Waals surface area (Å²) in [5.41, 5.74) is -0.328. The summed E-state index contributed by atoms with van der Waals surface area (Å²) in [5, 5.41) is 0. The average molecular weight is 170 g/mol. The van der Waals surface area contributed by atoms with E-state index >= 15 is 0 Å². The molecule has 2 nitrogen and oxygen atoms in total. The number of carbonyl (C=O) groups is 1. The van der Waals surface area contributed by atoms with Crippen molar-refractivity contribution in [3.8, 4) is 0 Å². The molecule has 0 aromatic heterocycles. The van der Waals surface area contributed by atoms with Gasteiger partial charge in [0.2, 0.25) is 0 Å². The monoisotopic (exact) mass is 170 g/mol. The largest absolute Gasteiger partial charge is 0.457 e. The van der Waals surface area contributed by atoms with Crippen molar-refractivity contribution < 1.29 is 9.53 Å². The number of hydrogen-bond donors (Lipinski definition) is 0. The van der Waals surface area contributed by atoms with Gasteiger partial charge in [0.05, 0.1) is 0 Å². The van der Waals surface area contributed by atoms with Crippen LogP contribution in [0.25, 0.3) is 0 Å². The van der Waals surface area contributed by atoms with E-state index in [1.54, 1.807) is 13.0 Å². The molecule has 0 radical (unpaired) electrons. The topological polar surface area (TPSA) is 26.3 Å². The normalized spacial score (nSPS) is 12.0. The van der Waals surface area contributed by atoms with Crippen LogP contribution in [0.3, 0.4) is 0 Å². The fourth-order valence-corrected chi connectivity index (χ4v) is 1.10. The van der Waals surface area contributed by atoms with E-state index in [9.17, 15) is 4.79 Å². The summed E-state index contributed by atoms with van der Waals surface area (Å²) in [4.78, 5) is 11.0. The maximum Gasteiger partial charge on any atom is 0.330 e. The number of carbonyl (C=O) groups excluding carboxylic acids is 1. The first-order valence-electron chi connectivity index (χ1n) is 4.37. The first-order valence-corrected chi connectivity index (χ1v) is 4.37. The summed E-state index contributed by atoms with van der Waals surface area (Å²) < 4.78 is 5.19. The Morgan fingerprint density at radius 1 is 1.50 bits per heavy atom. The maximum absolute atomic E-state index is 11.0. The molecule has 0 aliphatic carbocycles. The van der Waals surface area contributed by atoms with Crippen molar-refractivity contribution in [2.45, 2.75) is 46.1 Å². The molecule has 0 aromatic carbocycles. The Balaban J connectivity index is 3.96. The van der Waals surface area contributed by atoms with Crippen LogP contribution in [0.1, 0.15) is 40.5 Å². The number of ether oxygens (including phenoxy) is 1. The van der Waals surface area contributed by atoms with Crippen molar-refractivity contribution in [2.24, 2.45) is 0 Å². The third-order valence-corrected chi connectivity index (χ3v) is 1.53. The van der Waals surface area contributed by atoms with Crippen molar-refractivity contribution in [3.63, 3.8) is 0 Å². The van der Waals surface area contributed by atoms with Crippen LogP contribution in [0.15, 0.2) is 12.2 Å². The first-order chi connectivity index (χ1) is 5.52. The molecule has 0 N–H and O–H groups in total. The molecule has 0 saturated carbocycles. The molecule has 0 rings (SSSR count). The number of allylic oxidation sites excluding steroid dienone is 1. The van der Waals surface area contributed by atoms with Gasteiger partial charge in [0, 0.05) is 6.08 Å². The molecular formula is C10H18O2. The van der Waals surface area contributed by atoms with Gasteiger partial charge in [-0.1, -0.05) is 19.4 Å². The Morgan fingerprint density at radius 3 is 2.50 bits per heavy atom. The van der Waals surface area contributed by atoms with E-state index in [-0.39, 0.29) is 11.6 Å². The molecule has 0 spiro atoms. The van der Waals surface area contributed by atoms with Gasteiger partial charge < -0.3 is 4.74 Å². The molecular weight excluding hydrogens is 152 g/mol. The summed E-state index contributed by atoms with van der Waals surface area (Å²) in [6.07, 6.45) is 5.05. The number of hydrogen-bond acceptors (Lipinski definition) is 2. The Bertz CT molecular complexity index is 169. The Hall–Kier alpha value is -0.790. The van der Waals surface area contributed by atoms with Crippen LogP contribution in [0.5, 0.6) is 0 Å². The molecule has 0 atom stereocenters. The Morgan fingerprint density at radius 2 is 2.08 bits per heavy atom. The van der Waals surface area contributed by atoms with Gasteiger partial charge in [0.15, 0.2) is 0 Å². The van der Waals surface area contributed by atoms with Crippen LogP contribution in [-0.2, 0) is 9.53 Å². The lowest BCUT2D eigenvalue weighted by molar-refractivity contribution is -0.150. The molecule has 2 heteroatoms. The zero-order chi connectivity index (χ0) is 9.61. The van der Waals surface area contributed by atoms with Crippen LogP contribution in [-0.4, -0.2) is 11.6 Å². The quantitative estimate of drug-likeness (QED) is 0.479. The van der Waals surface area contributed by atoms with Crippen molar-refractivity contribution in [1.82, 2.24) is 0 Å². The van der Waals surface area contributed by atoms with E-state index in [4.69, 9.17) is 4.74 Å². The fourth-order valence-electron chi connectivity index (χ4n) is 1.10. The number of rotatable bonds is 4. The highest BCUT2D eigenvalue weighted by atomic mass is 16.6. The van der Waals surface area contributed by atoms with Crippen molar-refractivity contribution in [2.75, 3.05) is 0 Å². The van der Waals surface area contributed by atoms with Crippen molar-refractivity contribution >= 4 is 5.97 Å². The third kappa shape index (κ3) is 4.94. The second-order valence-corrected chi connectivity index (χ2v) is 3.43. The molecule has 0 amide bonds. The molecule has 0 aliphatic heterocycles. The molecule has 12 heavy (non-hydrogen) atoms. The highest BCUT2D eigenvalue weighted by Gasteiger charge is 2.19. The SMILES string of the molecule is C/C=C/C(=O)OC(C)(C)CCC. The minimum atomic E-state index is -0.328. The second-order valence-electron chi connectivity index (χ2n) is 3.43. The molecule has 0 heterocycles. The molecule has 0 fully saturated rings. The van der Waals surface area contributed by atoms with Gasteiger partial charge >= 0.3 is 5.97 Å². The zero-order valence-corrected chi connectivity index (χ0v) is 8.39. The van der Waals surface area contributed by atoms with Crippen LogP contribution < -0.4 is 0 Å². The number of esters is 1. The van der Waals surface area contributed by atoms with Crippen molar-refractivity contribution in [1.29, 1.82) is 0 Å². The van der Waals surface area contributed by atoms with Gasteiger partial charge in [-0.05, 0) is 27.2 Å². The standard InChI is InChI=1S/C10H18O2/c1-5-7-9(11)12-10(3,4)8-6-2/h5,7H,6,8H2,1-4H3/b7-5+. The van der Waals surface area contributed by atoms with E-state index in [1.165, 1.54) is 6.08 Å². The minimum absolute atomic E-state index is 0.254. The molecule has 0 aromatic rings. The predicted molar refractivity (Wildman–Crippen MR) is 49.9 cm³/mol. The zero-order valence-electron chi connectivity index (χ0n) is 8.39. The highest BCUT2D eigenvalue weighted by Crippen LogP contribution is 2.16. The first kappa shape index (κ1) is 11.2. The summed E-state index contributed by atoms with van der Waals surface area (Å²) >= 11 is 0. The molecule has 0 bridgehead atoms.